The quantitative estimate of drug-likeness (QED) is 0.683. The van der Waals surface area contributed by atoms with Gasteiger partial charge in [-0.3, -0.25) is 0 Å². The van der Waals surface area contributed by atoms with Gasteiger partial charge in [0.15, 0.2) is 0 Å². The molecular weight excluding hydrogens is 154 g/mol. The minimum absolute atomic E-state index is 0.203. The first-order valence-corrected chi connectivity index (χ1v) is 4.68. The summed E-state index contributed by atoms with van der Waals surface area (Å²) < 4.78 is 10.7. The van der Waals surface area contributed by atoms with Crippen LogP contribution in [0, 0.1) is 5.41 Å². The van der Waals surface area contributed by atoms with E-state index in [-0.39, 0.29) is 5.41 Å². The Hall–Kier alpha value is -0.120. The van der Waals surface area contributed by atoms with Crippen LogP contribution >= 0.6 is 0 Å². The lowest BCUT2D eigenvalue weighted by Gasteiger charge is -2.35. The van der Waals surface area contributed by atoms with Crippen LogP contribution in [0.25, 0.3) is 0 Å². The third-order valence-electron chi connectivity index (χ3n) is 2.60. The van der Waals surface area contributed by atoms with Gasteiger partial charge in [0, 0.05) is 31.8 Å². The second kappa shape index (κ2) is 4.80. The largest absolute Gasteiger partial charge is 0.381 e. The molecule has 2 N–H and O–H groups in total. The zero-order chi connectivity index (χ0) is 8.86. The minimum Gasteiger partial charge on any atom is -0.381 e. The van der Waals surface area contributed by atoms with Crippen LogP contribution in [0.15, 0.2) is 0 Å². The Kier molecular flexibility index (Phi) is 3.98. The van der Waals surface area contributed by atoms with Crippen LogP contribution in [0.1, 0.15) is 19.8 Å². The van der Waals surface area contributed by atoms with Gasteiger partial charge in [-0.1, -0.05) is 0 Å². The Balaban J connectivity index is 2.37. The van der Waals surface area contributed by atoms with Crippen molar-refractivity contribution in [3.8, 4) is 0 Å². The van der Waals surface area contributed by atoms with Crippen LogP contribution in [0.4, 0.5) is 0 Å². The molecule has 0 saturated carbocycles. The highest BCUT2D eigenvalue weighted by atomic mass is 16.5. The standard InChI is InChI=1S/C9H19NO2/c1-2-11-8-9(7-10)3-5-12-6-4-9/h2-8,10H2,1H3. The van der Waals surface area contributed by atoms with Crippen molar-refractivity contribution >= 4 is 0 Å². The fourth-order valence-electron chi connectivity index (χ4n) is 1.53. The summed E-state index contributed by atoms with van der Waals surface area (Å²) in [5, 5.41) is 0. The fraction of sp³-hybridized carbons (Fsp3) is 1.00. The zero-order valence-electron chi connectivity index (χ0n) is 7.84. The van der Waals surface area contributed by atoms with E-state index >= 15 is 0 Å². The molecule has 1 saturated heterocycles. The molecule has 0 amide bonds. The molecule has 1 fully saturated rings. The van der Waals surface area contributed by atoms with E-state index in [1.165, 1.54) is 0 Å². The summed E-state index contributed by atoms with van der Waals surface area (Å²) in [6.45, 7) is 5.99. The summed E-state index contributed by atoms with van der Waals surface area (Å²) in [6, 6.07) is 0. The van der Waals surface area contributed by atoms with Gasteiger partial charge in [-0.2, -0.15) is 0 Å². The van der Waals surface area contributed by atoms with Crippen molar-refractivity contribution in [2.24, 2.45) is 11.1 Å². The molecule has 1 heterocycles. The second-order valence-electron chi connectivity index (χ2n) is 3.45. The van der Waals surface area contributed by atoms with Gasteiger partial charge in [0.2, 0.25) is 0 Å². The van der Waals surface area contributed by atoms with Crippen LogP contribution < -0.4 is 5.73 Å². The van der Waals surface area contributed by atoms with Gasteiger partial charge in [-0.25, -0.2) is 0 Å². The average molecular weight is 173 g/mol. The Bertz CT molecular complexity index is 122. The van der Waals surface area contributed by atoms with E-state index in [0.717, 1.165) is 45.8 Å². The highest BCUT2D eigenvalue weighted by molar-refractivity contribution is 4.82. The highest BCUT2D eigenvalue weighted by Gasteiger charge is 2.31. The Morgan fingerprint density at radius 1 is 1.42 bits per heavy atom. The normalized spacial score (nSPS) is 22.5. The van der Waals surface area contributed by atoms with E-state index in [1.54, 1.807) is 0 Å². The number of hydrogen-bond acceptors (Lipinski definition) is 3. The third kappa shape index (κ3) is 2.44. The van der Waals surface area contributed by atoms with Gasteiger partial charge in [-0.05, 0) is 19.8 Å². The van der Waals surface area contributed by atoms with Crippen molar-refractivity contribution < 1.29 is 9.47 Å². The first-order valence-electron chi connectivity index (χ1n) is 4.68. The molecule has 0 unspecified atom stereocenters. The molecule has 0 aromatic heterocycles. The highest BCUT2D eigenvalue weighted by Crippen LogP contribution is 2.29. The molecular formula is C9H19NO2. The van der Waals surface area contributed by atoms with E-state index in [4.69, 9.17) is 15.2 Å². The maximum absolute atomic E-state index is 5.74. The van der Waals surface area contributed by atoms with E-state index in [2.05, 4.69) is 0 Å². The topological polar surface area (TPSA) is 44.5 Å². The van der Waals surface area contributed by atoms with Crippen molar-refractivity contribution in [2.75, 3.05) is 33.0 Å². The van der Waals surface area contributed by atoms with Crippen LogP contribution in [0.3, 0.4) is 0 Å². The van der Waals surface area contributed by atoms with Crippen molar-refractivity contribution in [3.63, 3.8) is 0 Å². The lowest BCUT2D eigenvalue weighted by atomic mass is 9.81. The summed E-state index contributed by atoms with van der Waals surface area (Å²) in [5.41, 5.74) is 5.95. The average Bonchev–Trinajstić information content (AvgIpc) is 2.16. The first-order chi connectivity index (χ1) is 5.83. The van der Waals surface area contributed by atoms with Crippen molar-refractivity contribution in [3.05, 3.63) is 0 Å². The molecule has 0 radical (unpaired) electrons. The Morgan fingerprint density at radius 2 is 2.08 bits per heavy atom. The summed E-state index contributed by atoms with van der Waals surface area (Å²) >= 11 is 0. The molecule has 0 spiro atoms. The SMILES string of the molecule is CCOCC1(CN)CCOCC1. The van der Waals surface area contributed by atoms with Gasteiger partial charge in [-0.15, -0.1) is 0 Å². The van der Waals surface area contributed by atoms with Gasteiger partial charge >= 0.3 is 0 Å². The van der Waals surface area contributed by atoms with Crippen LogP contribution in [-0.4, -0.2) is 33.0 Å². The van der Waals surface area contributed by atoms with Gasteiger partial charge in [0.1, 0.15) is 0 Å². The summed E-state index contributed by atoms with van der Waals surface area (Å²) in [6.07, 6.45) is 2.09. The molecule has 0 aromatic carbocycles. The van der Waals surface area contributed by atoms with Crippen molar-refractivity contribution in [1.82, 2.24) is 0 Å². The monoisotopic (exact) mass is 173 g/mol. The molecule has 0 aromatic rings. The predicted octanol–water partition coefficient (Wildman–Crippen LogP) is 0.778. The van der Waals surface area contributed by atoms with E-state index < -0.39 is 0 Å². The van der Waals surface area contributed by atoms with E-state index in [0.29, 0.717) is 0 Å². The smallest absolute Gasteiger partial charge is 0.0536 e. The number of nitrogens with two attached hydrogens (primary N) is 1. The summed E-state index contributed by atoms with van der Waals surface area (Å²) in [5.74, 6) is 0. The molecule has 3 nitrogen and oxygen atoms in total. The number of rotatable bonds is 4. The van der Waals surface area contributed by atoms with Gasteiger partial charge in [0.05, 0.1) is 6.61 Å². The lowest BCUT2D eigenvalue weighted by molar-refractivity contribution is -0.0321. The van der Waals surface area contributed by atoms with Crippen molar-refractivity contribution in [1.29, 1.82) is 0 Å². The molecule has 72 valence electrons. The molecule has 3 heteroatoms. The molecule has 0 atom stereocenters. The van der Waals surface area contributed by atoms with E-state index in [9.17, 15) is 0 Å². The maximum atomic E-state index is 5.74. The zero-order valence-corrected chi connectivity index (χ0v) is 7.84. The molecule has 1 aliphatic heterocycles. The lowest BCUT2D eigenvalue weighted by Crippen LogP contribution is -2.40. The minimum atomic E-state index is 0.203. The maximum Gasteiger partial charge on any atom is 0.0536 e. The fourth-order valence-corrected chi connectivity index (χ4v) is 1.53. The summed E-state index contributed by atoms with van der Waals surface area (Å²) in [4.78, 5) is 0. The molecule has 0 bridgehead atoms. The Morgan fingerprint density at radius 3 is 2.58 bits per heavy atom. The van der Waals surface area contributed by atoms with Crippen LogP contribution in [0.5, 0.6) is 0 Å². The van der Waals surface area contributed by atoms with Crippen LogP contribution in [0.2, 0.25) is 0 Å². The molecule has 0 aliphatic carbocycles. The first kappa shape index (κ1) is 9.96. The predicted molar refractivity (Wildman–Crippen MR) is 48.0 cm³/mol. The second-order valence-corrected chi connectivity index (χ2v) is 3.45. The summed E-state index contributed by atoms with van der Waals surface area (Å²) in [7, 11) is 0. The Labute approximate surface area is 74.2 Å². The molecule has 1 aliphatic rings. The molecule has 12 heavy (non-hydrogen) atoms. The van der Waals surface area contributed by atoms with Crippen molar-refractivity contribution in [2.45, 2.75) is 19.8 Å². The number of hydrogen-bond donors (Lipinski definition) is 1. The number of ether oxygens (including phenoxy) is 2. The van der Waals surface area contributed by atoms with E-state index in [1.807, 2.05) is 6.92 Å². The third-order valence-corrected chi connectivity index (χ3v) is 2.60. The van der Waals surface area contributed by atoms with Gasteiger partial charge < -0.3 is 15.2 Å². The van der Waals surface area contributed by atoms with Crippen LogP contribution in [-0.2, 0) is 9.47 Å². The molecule has 1 rings (SSSR count). The van der Waals surface area contributed by atoms with Gasteiger partial charge in [0.25, 0.3) is 0 Å².